The second-order valence-corrected chi connectivity index (χ2v) is 19.8. The molecule has 0 unspecified atom stereocenters. The van der Waals surface area contributed by atoms with Gasteiger partial charge in [0.05, 0.1) is 5.92 Å². The fourth-order valence-corrected chi connectivity index (χ4v) is 11.9. The van der Waals surface area contributed by atoms with E-state index < -0.39 is 41.0 Å². The lowest BCUT2D eigenvalue weighted by Gasteiger charge is -2.42. The average Bonchev–Trinajstić information content (AvgIpc) is 3.80. The monoisotopic (exact) mass is 735 g/mol. The van der Waals surface area contributed by atoms with Crippen LogP contribution in [0.2, 0.25) is 0 Å². The van der Waals surface area contributed by atoms with Crippen LogP contribution in [0.1, 0.15) is 131 Å². The number of carboxylic acid groups (broad SMARTS) is 1. The van der Waals surface area contributed by atoms with E-state index in [1.165, 1.54) is 19.3 Å². The Bertz CT molecular complexity index is 1510. The van der Waals surface area contributed by atoms with E-state index in [-0.39, 0.29) is 58.1 Å². The number of nitrogens with zero attached hydrogens (tertiary/aromatic N) is 2. The Labute approximate surface area is 316 Å². The number of aliphatic carboxylic acids is 1. The molecule has 2 aliphatic heterocycles. The van der Waals surface area contributed by atoms with Crippen molar-refractivity contribution >= 4 is 29.6 Å². The second kappa shape index (κ2) is 13.7. The molecule has 4 N–H and O–H groups in total. The lowest BCUT2D eigenvalue weighted by molar-refractivity contribution is -0.147. The molecule has 7 atom stereocenters. The normalized spacial score (nSPS) is 34.7. The third-order valence-electron chi connectivity index (χ3n) is 15.9. The van der Waals surface area contributed by atoms with Crippen LogP contribution in [0.5, 0.6) is 0 Å². The number of fused-ring (bicyclic) bond motifs is 1. The average molecular weight is 736 g/mol. The summed E-state index contributed by atoms with van der Waals surface area (Å²) in [6.45, 7) is 16.3. The summed E-state index contributed by atoms with van der Waals surface area (Å²) in [6.07, 6.45) is 15.5. The Kier molecular flexibility index (Phi) is 9.88. The molecular weight excluding hydrogens is 670 g/mol. The van der Waals surface area contributed by atoms with Gasteiger partial charge in [0.15, 0.2) is 0 Å². The Balaban J connectivity index is 1.14. The van der Waals surface area contributed by atoms with E-state index >= 15 is 4.79 Å². The highest BCUT2D eigenvalue weighted by molar-refractivity contribution is 5.97. The first-order valence-corrected chi connectivity index (χ1v) is 20.9. The number of likely N-dealkylation sites (tertiary alicyclic amines) is 2. The van der Waals surface area contributed by atoms with Crippen molar-refractivity contribution in [2.24, 2.45) is 39.4 Å². The van der Waals surface area contributed by atoms with Crippen molar-refractivity contribution in [3.63, 3.8) is 0 Å². The standard InChI is InChI=1S/C42H65N5O6/c1-7-28-22-42(28,37(52)53)45-34(49)30-23-41(39(5,6)40(41)19-13-20-40)25-47(30)36(51)31(26-14-9-8-10-15-26)43-35(50)32(38(2,3)4)44-33(48)27-16-12-21-46(24-27)29-17-11-18-29/h7,26-32H,1,8-25H2,2-6H3,(H,43,50)(H,44,48)(H,45,49)(H,52,53)/t27-,28-,30+,31+,32-,41-,42-/m1/s1. The highest BCUT2D eigenvalue weighted by Gasteiger charge is 2.85. The molecule has 4 amide bonds. The first-order chi connectivity index (χ1) is 25.0. The molecule has 5 saturated carbocycles. The van der Waals surface area contributed by atoms with Crippen LogP contribution in [0, 0.1) is 39.4 Å². The number of piperidine rings is 1. The zero-order chi connectivity index (χ0) is 38.1. The molecule has 7 aliphatic rings. The van der Waals surface area contributed by atoms with Crippen molar-refractivity contribution in [3.05, 3.63) is 12.7 Å². The summed E-state index contributed by atoms with van der Waals surface area (Å²) in [6, 6.07) is -1.98. The molecule has 2 saturated heterocycles. The number of carbonyl (C=O) groups is 5. The topological polar surface area (TPSA) is 148 Å². The largest absolute Gasteiger partial charge is 0.479 e. The molecule has 7 rings (SSSR count). The lowest BCUT2D eigenvalue weighted by Crippen LogP contribution is -2.62. The Morgan fingerprint density at radius 3 is 2.08 bits per heavy atom. The minimum atomic E-state index is -1.40. The number of rotatable bonds is 11. The number of hydrogen-bond donors (Lipinski definition) is 4. The smallest absolute Gasteiger partial charge is 0.330 e. The van der Waals surface area contributed by atoms with E-state index in [1.807, 2.05) is 20.8 Å². The summed E-state index contributed by atoms with van der Waals surface area (Å²) in [7, 11) is 0. The van der Waals surface area contributed by atoms with E-state index in [0.717, 1.165) is 70.8 Å². The van der Waals surface area contributed by atoms with Crippen LogP contribution in [-0.4, -0.2) is 93.8 Å². The van der Waals surface area contributed by atoms with Gasteiger partial charge >= 0.3 is 5.97 Å². The van der Waals surface area contributed by atoms with E-state index in [9.17, 15) is 24.3 Å². The van der Waals surface area contributed by atoms with Crippen molar-refractivity contribution in [2.75, 3.05) is 19.6 Å². The summed E-state index contributed by atoms with van der Waals surface area (Å²) in [5, 5.41) is 19.4. The summed E-state index contributed by atoms with van der Waals surface area (Å²) in [5.74, 6) is -2.90. The van der Waals surface area contributed by atoms with Crippen molar-refractivity contribution < 1.29 is 29.1 Å². The number of carbonyl (C=O) groups excluding carboxylic acids is 4. The molecule has 11 heteroatoms. The SMILES string of the molecule is C=C[C@@H]1C[C@]1(NC(=O)[C@@H]1C[C@@]2(CN1C(=O)[C@@H](NC(=O)[C@@H](NC(=O)[C@@H]1CCCN(C3CCC3)C1)C(C)(C)C)C1CCCCC1)C(C)(C)C21CCC1)C(=O)O. The predicted octanol–water partition coefficient (Wildman–Crippen LogP) is 4.79. The van der Waals surface area contributed by atoms with Gasteiger partial charge in [0.25, 0.3) is 0 Å². The van der Waals surface area contributed by atoms with Gasteiger partial charge in [0, 0.05) is 30.5 Å². The zero-order valence-corrected chi connectivity index (χ0v) is 32.9. The molecule has 2 heterocycles. The molecule has 0 aromatic carbocycles. The van der Waals surface area contributed by atoms with Gasteiger partial charge in [-0.3, -0.25) is 24.1 Å². The van der Waals surface area contributed by atoms with Crippen molar-refractivity contribution in [2.45, 2.75) is 161 Å². The van der Waals surface area contributed by atoms with Gasteiger partial charge in [-0.05, 0) is 92.9 Å². The van der Waals surface area contributed by atoms with Crippen LogP contribution >= 0.6 is 0 Å². The lowest BCUT2D eigenvalue weighted by atomic mass is 9.73. The predicted molar refractivity (Wildman–Crippen MR) is 201 cm³/mol. The van der Waals surface area contributed by atoms with Crippen molar-refractivity contribution in [3.8, 4) is 0 Å². The molecule has 7 fully saturated rings. The molecule has 2 spiro atoms. The van der Waals surface area contributed by atoms with E-state index in [0.29, 0.717) is 25.6 Å². The fraction of sp³-hybridized carbons (Fsp3) is 0.833. The fourth-order valence-electron chi connectivity index (χ4n) is 11.9. The third-order valence-corrected chi connectivity index (χ3v) is 15.9. The quantitative estimate of drug-likeness (QED) is 0.223. The van der Waals surface area contributed by atoms with Crippen LogP contribution in [0.3, 0.4) is 0 Å². The maximum atomic E-state index is 15.2. The maximum absolute atomic E-state index is 15.2. The van der Waals surface area contributed by atoms with Gasteiger partial charge < -0.3 is 26.0 Å². The zero-order valence-electron chi connectivity index (χ0n) is 32.9. The Morgan fingerprint density at radius 2 is 1.55 bits per heavy atom. The van der Waals surface area contributed by atoms with E-state index in [2.05, 4.69) is 41.3 Å². The van der Waals surface area contributed by atoms with E-state index in [1.54, 1.807) is 11.0 Å². The minimum absolute atomic E-state index is 0.0554. The third kappa shape index (κ3) is 6.23. The van der Waals surface area contributed by atoms with Gasteiger partial charge in [-0.15, -0.1) is 6.58 Å². The molecule has 0 bridgehead atoms. The molecule has 0 aromatic rings. The van der Waals surface area contributed by atoms with Gasteiger partial charge in [0.1, 0.15) is 23.7 Å². The second-order valence-electron chi connectivity index (χ2n) is 19.8. The Morgan fingerprint density at radius 1 is 0.849 bits per heavy atom. The Hall–Kier alpha value is -2.95. The van der Waals surface area contributed by atoms with Crippen LogP contribution in [0.25, 0.3) is 0 Å². The highest BCUT2D eigenvalue weighted by Crippen LogP contribution is 2.88. The molecule has 11 nitrogen and oxygen atoms in total. The molecule has 53 heavy (non-hydrogen) atoms. The summed E-state index contributed by atoms with van der Waals surface area (Å²) >= 11 is 0. The molecule has 5 aliphatic carbocycles. The van der Waals surface area contributed by atoms with Gasteiger partial charge in [-0.2, -0.15) is 0 Å². The van der Waals surface area contributed by atoms with Crippen LogP contribution in [0.15, 0.2) is 12.7 Å². The maximum Gasteiger partial charge on any atom is 0.330 e. The summed E-state index contributed by atoms with van der Waals surface area (Å²) < 4.78 is 0. The number of hydrogen-bond acceptors (Lipinski definition) is 6. The number of nitrogens with one attached hydrogen (secondary N) is 3. The van der Waals surface area contributed by atoms with Crippen LogP contribution < -0.4 is 16.0 Å². The summed E-state index contributed by atoms with van der Waals surface area (Å²) in [5.41, 5.74) is -2.28. The van der Waals surface area contributed by atoms with Crippen LogP contribution in [0.4, 0.5) is 0 Å². The molecule has 294 valence electrons. The molecular formula is C42H65N5O6. The van der Waals surface area contributed by atoms with Gasteiger partial charge in [-0.1, -0.05) is 72.8 Å². The van der Waals surface area contributed by atoms with E-state index in [4.69, 9.17) is 0 Å². The first-order valence-electron chi connectivity index (χ1n) is 20.9. The van der Waals surface area contributed by atoms with Gasteiger partial charge in [-0.25, -0.2) is 4.79 Å². The summed E-state index contributed by atoms with van der Waals surface area (Å²) in [4.78, 5) is 74.4. The van der Waals surface area contributed by atoms with Gasteiger partial charge in [0.2, 0.25) is 23.6 Å². The number of carboxylic acids is 1. The molecule has 0 aromatic heterocycles. The van der Waals surface area contributed by atoms with Crippen molar-refractivity contribution in [1.29, 1.82) is 0 Å². The first kappa shape index (κ1) is 38.3. The van der Waals surface area contributed by atoms with Crippen LogP contribution in [-0.2, 0) is 24.0 Å². The molecule has 0 radical (unpaired) electrons. The number of amides is 4. The van der Waals surface area contributed by atoms with Crippen molar-refractivity contribution in [1.82, 2.24) is 25.8 Å². The highest BCUT2D eigenvalue weighted by atomic mass is 16.4. The minimum Gasteiger partial charge on any atom is -0.479 e.